The van der Waals surface area contributed by atoms with Gasteiger partial charge in [0.25, 0.3) is 0 Å². The predicted molar refractivity (Wildman–Crippen MR) is 81.4 cm³/mol. The molecule has 0 radical (unpaired) electrons. The molecule has 3 heteroatoms. The fraction of sp³-hybridized carbons (Fsp3) is 0.353. The Morgan fingerprint density at radius 2 is 1.95 bits per heavy atom. The van der Waals surface area contributed by atoms with E-state index < -0.39 is 0 Å². The van der Waals surface area contributed by atoms with Crippen molar-refractivity contribution < 1.29 is 4.79 Å². The van der Waals surface area contributed by atoms with Crippen LogP contribution in [-0.4, -0.2) is 30.4 Å². The monoisotopic (exact) mass is 268 g/mol. The number of nitrogens with zero attached hydrogens (tertiary/aromatic N) is 1. The highest BCUT2D eigenvalue weighted by molar-refractivity contribution is 5.85. The van der Waals surface area contributed by atoms with Crippen molar-refractivity contribution >= 4 is 16.7 Å². The molecule has 1 saturated carbocycles. The van der Waals surface area contributed by atoms with Gasteiger partial charge in [-0.2, -0.15) is 0 Å². The minimum absolute atomic E-state index is 0.188. The van der Waals surface area contributed by atoms with Gasteiger partial charge in [0, 0.05) is 19.6 Å². The molecule has 3 rings (SSSR count). The molecule has 104 valence electrons. The first-order valence-corrected chi connectivity index (χ1v) is 7.19. The first-order valence-electron chi connectivity index (χ1n) is 7.19. The molecule has 1 aliphatic rings. The molecule has 0 unspecified atom stereocenters. The fourth-order valence-electron chi connectivity index (χ4n) is 2.54. The maximum atomic E-state index is 11.9. The van der Waals surface area contributed by atoms with Gasteiger partial charge in [0.2, 0.25) is 5.91 Å². The van der Waals surface area contributed by atoms with Crippen molar-refractivity contribution in [3.05, 3.63) is 48.0 Å². The lowest BCUT2D eigenvalue weighted by atomic mass is 10.0. The molecule has 20 heavy (non-hydrogen) atoms. The molecule has 3 nitrogen and oxygen atoms in total. The number of hydrogen-bond donors (Lipinski definition) is 1. The van der Waals surface area contributed by atoms with E-state index in [0.29, 0.717) is 12.6 Å². The Bertz CT molecular complexity index is 614. The minimum atomic E-state index is 0.188. The van der Waals surface area contributed by atoms with Gasteiger partial charge in [-0.3, -0.25) is 4.79 Å². The van der Waals surface area contributed by atoms with Crippen molar-refractivity contribution in [2.75, 3.05) is 13.6 Å². The van der Waals surface area contributed by atoms with Gasteiger partial charge in [-0.05, 0) is 29.2 Å². The SMILES string of the molecule is CN(C(=O)CNCc1cccc2ccccc12)C1CC1. The number of benzene rings is 2. The Balaban J connectivity index is 1.61. The van der Waals surface area contributed by atoms with Gasteiger partial charge in [-0.25, -0.2) is 0 Å². The highest BCUT2D eigenvalue weighted by Gasteiger charge is 2.28. The van der Waals surface area contributed by atoms with Crippen LogP contribution in [-0.2, 0) is 11.3 Å². The first-order chi connectivity index (χ1) is 9.75. The maximum absolute atomic E-state index is 11.9. The number of nitrogens with one attached hydrogen (secondary N) is 1. The third-order valence-electron chi connectivity index (χ3n) is 3.96. The Kier molecular flexibility index (Phi) is 3.70. The maximum Gasteiger partial charge on any atom is 0.236 e. The summed E-state index contributed by atoms with van der Waals surface area (Å²) in [7, 11) is 1.90. The Hall–Kier alpha value is -1.87. The van der Waals surface area contributed by atoms with Crippen LogP contribution in [0.1, 0.15) is 18.4 Å². The van der Waals surface area contributed by atoms with Gasteiger partial charge in [-0.15, -0.1) is 0 Å². The second-order valence-corrected chi connectivity index (χ2v) is 5.48. The zero-order valence-electron chi connectivity index (χ0n) is 11.8. The zero-order valence-corrected chi connectivity index (χ0v) is 11.8. The summed E-state index contributed by atoms with van der Waals surface area (Å²) in [4.78, 5) is 13.8. The largest absolute Gasteiger partial charge is 0.342 e. The lowest BCUT2D eigenvalue weighted by Gasteiger charge is -2.16. The Morgan fingerprint density at radius 3 is 2.75 bits per heavy atom. The molecule has 0 aromatic heterocycles. The van der Waals surface area contributed by atoms with Crippen molar-refractivity contribution in [1.29, 1.82) is 0 Å². The number of likely N-dealkylation sites (N-methyl/N-ethyl adjacent to an activating group) is 1. The molecule has 0 aliphatic heterocycles. The molecular weight excluding hydrogens is 248 g/mol. The van der Waals surface area contributed by atoms with Crippen LogP contribution in [0.4, 0.5) is 0 Å². The lowest BCUT2D eigenvalue weighted by Crippen LogP contribution is -2.36. The normalized spacial score (nSPS) is 14.4. The summed E-state index contributed by atoms with van der Waals surface area (Å²) < 4.78 is 0. The molecule has 0 atom stereocenters. The van der Waals surface area contributed by atoms with E-state index in [9.17, 15) is 4.79 Å². The second kappa shape index (κ2) is 5.63. The van der Waals surface area contributed by atoms with E-state index in [4.69, 9.17) is 0 Å². The van der Waals surface area contributed by atoms with E-state index >= 15 is 0 Å². The summed E-state index contributed by atoms with van der Waals surface area (Å²) >= 11 is 0. The number of fused-ring (bicyclic) bond motifs is 1. The van der Waals surface area contributed by atoms with Crippen molar-refractivity contribution in [2.45, 2.75) is 25.4 Å². The first kappa shape index (κ1) is 13.1. The van der Waals surface area contributed by atoms with Gasteiger partial charge in [0.1, 0.15) is 0 Å². The van der Waals surface area contributed by atoms with Crippen LogP contribution in [0.5, 0.6) is 0 Å². The summed E-state index contributed by atoms with van der Waals surface area (Å²) in [5.41, 5.74) is 1.24. The predicted octanol–water partition coefficient (Wildman–Crippen LogP) is 2.55. The van der Waals surface area contributed by atoms with Gasteiger partial charge < -0.3 is 10.2 Å². The van der Waals surface area contributed by atoms with Crippen molar-refractivity contribution in [3.8, 4) is 0 Å². The Morgan fingerprint density at radius 1 is 1.20 bits per heavy atom. The van der Waals surface area contributed by atoms with Crippen LogP contribution < -0.4 is 5.32 Å². The van der Waals surface area contributed by atoms with E-state index in [1.807, 2.05) is 18.0 Å². The van der Waals surface area contributed by atoms with Crippen LogP contribution in [0.3, 0.4) is 0 Å². The van der Waals surface area contributed by atoms with Crippen molar-refractivity contribution in [2.24, 2.45) is 0 Å². The summed E-state index contributed by atoms with van der Waals surface area (Å²) in [5, 5.41) is 5.76. The lowest BCUT2D eigenvalue weighted by molar-refractivity contribution is -0.129. The highest BCUT2D eigenvalue weighted by Crippen LogP contribution is 2.25. The Labute approximate surface area is 119 Å². The third kappa shape index (κ3) is 2.83. The number of amides is 1. The summed E-state index contributed by atoms with van der Waals surface area (Å²) in [6.45, 7) is 1.14. The van der Waals surface area contributed by atoms with Gasteiger partial charge in [0.15, 0.2) is 0 Å². The molecule has 0 heterocycles. The minimum Gasteiger partial charge on any atom is -0.342 e. The number of rotatable bonds is 5. The molecule has 2 aromatic carbocycles. The zero-order chi connectivity index (χ0) is 13.9. The standard InChI is InChI=1S/C17H20N2O/c1-19(15-9-10-15)17(20)12-18-11-14-7-4-6-13-5-2-3-8-16(13)14/h2-8,15,18H,9-12H2,1H3. The van der Waals surface area contributed by atoms with E-state index in [1.165, 1.54) is 16.3 Å². The molecule has 1 aliphatic carbocycles. The molecule has 1 amide bonds. The van der Waals surface area contributed by atoms with Gasteiger partial charge in [0.05, 0.1) is 6.54 Å². The van der Waals surface area contributed by atoms with Crippen LogP contribution >= 0.6 is 0 Å². The van der Waals surface area contributed by atoms with E-state index in [-0.39, 0.29) is 5.91 Å². The molecular formula is C17H20N2O. The second-order valence-electron chi connectivity index (χ2n) is 5.48. The van der Waals surface area contributed by atoms with Crippen LogP contribution in [0.15, 0.2) is 42.5 Å². The molecule has 2 aromatic rings. The smallest absolute Gasteiger partial charge is 0.236 e. The molecule has 1 fully saturated rings. The summed E-state index contributed by atoms with van der Waals surface area (Å²) in [6.07, 6.45) is 2.32. The number of hydrogen-bond acceptors (Lipinski definition) is 2. The van der Waals surface area contributed by atoms with Crippen LogP contribution in [0, 0.1) is 0 Å². The topological polar surface area (TPSA) is 32.3 Å². The third-order valence-corrected chi connectivity index (χ3v) is 3.96. The number of carbonyl (C=O) groups is 1. The molecule has 0 bridgehead atoms. The number of carbonyl (C=O) groups excluding carboxylic acids is 1. The average molecular weight is 268 g/mol. The molecule has 0 spiro atoms. The summed E-state index contributed by atoms with van der Waals surface area (Å²) in [6, 6.07) is 15.1. The van der Waals surface area contributed by atoms with Crippen molar-refractivity contribution in [3.63, 3.8) is 0 Å². The summed E-state index contributed by atoms with van der Waals surface area (Å²) in [5.74, 6) is 0.188. The molecule has 1 N–H and O–H groups in total. The van der Waals surface area contributed by atoms with E-state index in [2.05, 4.69) is 41.7 Å². The van der Waals surface area contributed by atoms with Crippen LogP contribution in [0.25, 0.3) is 10.8 Å². The van der Waals surface area contributed by atoms with E-state index in [0.717, 1.165) is 19.4 Å². The van der Waals surface area contributed by atoms with E-state index in [1.54, 1.807) is 0 Å². The quantitative estimate of drug-likeness (QED) is 0.904. The van der Waals surface area contributed by atoms with Crippen LogP contribution in [0.2, 0.25) is 0 Å². The molecule has 0 saturated heterocycles. The fourth-order valence-corrected chi connectivity index (χ4v) is 2.54. The van der Waals surface area contributed by atoms with Gasteiger partial charge >= 0.3 is 0 Å². The highest BCUT2D eigenvalue weighted by atomic mass is 16.2. The van der Waals surface area contributed by atoms with Gasteiger partial charge in [-0.1, -0.05) is 42.5 Å². The van der Waals surface area contributed by atoms with Crippen molar-refractivity contribution in [1.82, 2.24) is 10.2 Å². The average Bonchev–Trinajstić information content (AvgIpc) is 3.31.